The molecule has 0 radical (unpaired) electrons. The number of carbonyl (C=O) groups is 1. The summed E-state index contributed by atoms with van der Waals surface area (Å²) in [6.07, 6.45) is 5.45. The van der Waals surface area contributed by atoms with Crippen LogP contribution in [0.4, 0.5) is 0 Å². The van der Waals surface area contributed by atoms with E-state index >= 15 is 0 Å². The predicted molar refractivity (Wildman–Crippen MR) is 122 cm³/mol. The fourth-order valence-electron chi connectivity index (χ4n) is 5.60. The van der Waals surface area contributed by atoms with Crippen molar-refractivity contribution in [3.05, 3.63) is 77.9 Å². The molecule has 0 aromatic heterocycles. The lowest BCUT2D eigenvalue weighted by Crippen LogP contribution is -2.68. The molecule has 31 heavy (non-hydrogen) atoms. The van der Waals surface area contributed by atoms with Crippen LogP contribution in [0.3, 0.4) is 0 Å². The summed E-state index contributed by atoms with van der Waals surface area (Å²) in [7, 11) is 0. The minimum Gasteiger partial charge on any atom is -0.508 e. The molecule has 3 unspecified atom stereocenters. The van der Waals surface area contributed by atoms with Gasteiger partial charge in [0.15, 0.2) is 0 Å². The molecule has 0 aliphatic carbocycles. The summed E-state index contributed by atoms with van der Waals surface area (Å²) in [5.74, 6) is 0.427. The molecule has 1 amide bonds. The lowest BCUT2D eigenvalue weighted by atomic mass is 9.84. The Bertz CT molecular complexity index is 939. The maximum Gasteiger partial charge on any atom is 0.253 e. The smallest absolute Gasteiger partial charge is 0.253 e. The normalized spacial score (nSPS) is 24.6. The van der Waals surface area contributed by atoms with Crippen LogP contribution in [0, 0.1) is 0 Å². The molecule has 4 aliphatic heterocycles. The summed E-state index contributed by atoms with van der Waals surface area (Å²) in [5, 5.41) is 10.1. The van der Waals surface area contributed by atoms with Crippen molar-refractivity contribution in [1.82, 2.24) is 14.7 Å². The molecular formula is C26H31N3O2. The van der Waals surface area contributed by atoms with Gasteiger partial charge in [-0.3, -0.25) is 14.6 Å². The van der Waals surface area contributed by atoms with Gasteiger partial charge in [-0.2, -0.15) is 0 Å². The van der Waals surface area contributed by atoms with Crippen LogP contribution in [0.15, 0.2) is 61.2 Å². The Morgan fingerprint density at radius 3 is 2.42 bits per heavy atom. The molecule has 3 atom stereocenters. The van der Waals surface area contributed by atoms with E-state index in [4.69, 9.17) is 0 Å². The van der Waals surface area contributed by atoms with Crippen LogP contribution in [-0.4, -0.2) is 70.5 Å². The third-order valence-corrected chi connectivity index (χ3v) is 7.13. The van der Waals surface area contributed by atoms with Crippen molar-refractivity contribution in [2.75, 3.05) is 32.7 Å². The highest BCUT2D eigenvalue weighted by molar-refractivity contribution is 5.94. The number of carbonyl (C=O) groups excluding carboxylic acids is 1. The van der Waals surface area contributed by atoms with Crippen LogP contribution >= 0.6 is 0 Å². The number of phenols is 1. The van der Waals surface area contributed by atoms with Crippen LogP contribution in [-0.2, 0) is 0 Å². The number of nitrogens with zero attached hydrogens (tertiary/aromatic N) is 3. The molecule has 1 N–H and O–H groups in total. The summed E-state index contributed by atoms with van der Waals surface area (Å²) in [4.78, 5) is 19.8. The highest BCUT2D eigenvalue weighted by Gasteiger charge is 2.45. The lowest BCUT2D eigenvalue weighted by Gasteiger charge is -2.57. The van der Waals surface area contributed by atoms with Gasteiger partial charge in [0, 0.05) is 50.4 Å². The van der Waals surface area contributed by atoms with Gasteiger partial charge in [-0.15, -0.1) is 6.58 Å². The molecule has 2 aromatic carbocycles. The van der Waals surface area contributed by atoms with Gasteiger partial charge in [-0.25, -0.2) is 0 Å². The summed E-state index contributed by atoms with van der Waals surface area (Å²) < 4.78 is 0. The number of fused-ring (bicyclic) bond motifs is 2. The molecule has 2 aromatic rings. The van der Waals surface area contributed by atoms with Gasteiger partial charge < -0.3 is 10.0 Å². The molecule has 6 rings (SSSR count). The van der Waals surface area contributed by atoms with Crippen molar-refractivity contribution in [2.45, 2.75) is 37.4 Å². The van der Waals surface area contributed by atoms with Gasteiger partial charge in [0.25, 0.3) is 5.91 Å². The molecular weight excluding hydrogens is 386 g/mol. The third kappa shape index (κ3) is 3.88. The summed E-state index contributed by atoms with van der Waals surface area (Å²) >= 11 is 0. The number of phenolic OH excluding ortho intramolecular Hbond substituents is 1. The van der Waals surface area contributed by atoms with E-state index in [-0.39, 0.29) is 11.9 Å². The Balaban J connectivity index is 1.41. The van der Waals surface area contributed by atoms with Crippen LogP contribution in [0.2, 0.25) is 0 Å². The maximum absolute atomic E-state index is 12.8. The fraction of sp³-hybridized carbons (Fsp3) is 0.423. The second-order valence-electron chi connectivity index (χ2n) is 9.10. The fourth-order valence-corrected chi connectivity index (χ4v) is 5.60. The van der Waals surface area contributed by atoms with Crippen molar-refractivity contribution in [3.8, 4) is 5.75 Å². The molecule has 2 bridgehead atoms. The van der Waals surface area contributed by atoms with Crippen LogP contribution in [0.5, 0.6) is 5.75 Å². The first-order valence-corrected chi connectivity index (χ1v) is 11.4. The van der Waals surface area contributed by atoms with E-state index in [2.05, 4.69) is 34.6 Å². The number of hydrogen-bond acceptors (Lipinski definition) is 4. The van der Waals surface area contributed by atoms with Crippen molar-refractivity contribution >= 4 is 5.91 Å². The van der Waals surface area contributed by atoms with Gasteiger partial charge >= 0.3 is 0 Å². The minimum absolute atomic E-state index is 0.0687. The number of likely N-dealkylation sites (tertiary alicyclic amines) is 1. The molecule has 5 heteroatoms. The Labute approximate surface area is 184 Å². The average Bonchev–Trinajstić information content (AvgIpc) is 3.33. The summed E-state index contributed by atoms with van der Waals surface area (Å²) in [5.41, 5.74) is 3.02. The zero-order valence-corrected chi connectivity index (χ0v) is 18.0. The highest BCUT2D eigenvalue weighted by Crippen LogP contribution is 2.39. The van der Waals surface area contributed by atoms with Gasteiger partial charge in [-0.05, 0) is 54.7 Å². The Morgan fingerprint density at radius 2 is 1.77 bits per heavy atom. The summed E-state index contributed by atoms with van der Waals surface area (Å²) in [6.45, 7) is 8.59. The quantitative estimate of drug-likeness (QED) is 0.729. The molecule has 4 heterocycles. The Kier molecular flexibility index (Phi) is 5.55. The first kappa shape index (κ1) is 20.3. The molecule has 4 aliphatic rings. The van der Waals surface area contributed by atoms with E-state index < -0.39 is 0 Å². The van der Waals surface area contributed by atoms with Crippen molar-refractivity contribution in [1.29, 1.82) is 0 Å². The third-order valence-electron chi connectivity index (χ3n) is 7.13. The van der Waals surface area contributed by atoms with Crippen molar-refractivity contribution in [2.24, 2.45) is 0 Å². The number of piperidine rings is 1. The monoisotopic (exact) mass is 417 g/mol. The van der Waals surface area contributed by atoms with E-state index in [1.54, 1.807) is 6.07 Å². The van der Waals surface area contributed by atoms with Gasteiger partial charge in [-0.1, -0.05) is 30.3 Å². The topological polar surface area (TPSA) is 47.0 Å². The largest absolute Gasteiger partial charge is 0.508 e. The molecule has 0 spiro atoms. The zero-order chi connectivity index (χ0) is 21.4. The predicted octanol–water partition coefficient (Wildman–Crippen LogP) is 3.66. The standard InChI is InChI=1S/C26H31N3O2/c1-2-12-29-22-16-23(29)18-28(17-22)25(21-6-5-7-24(30)15-21)19-8-10-20(11-9-19)26(31)27-13-3-4-14-27/h2,5-11,15,22-23,25,30H,1,3-4,12-14,16-18H2. The first-order valence-electron chi connectivity index (χ1n) is 11.4. The molecule has 0 saturated carbocycles. The van der Waals surface area contributed by atoms with E-state index in [1.165, 1.54) is 12.0 Å². The van der Waals surface area contributed by atoms with E-state index in [0.717, 1.165) is 56.7 Å². The minimum atomic E-state index is 0.0687. The Morgan fingerprint density at radius 1 is 1.06 bits per heavy atom. The van der Waals surface area contributed by atoms with Crippen molar-refractivity contribution in [3.63, 3.8) is 0 Å². The Hall–Kier alpha value is -2.63. The number of aromatic hydroxyl groups is 1. The SMILES string of the molecule is C=CCN1C2CC1CN(C(c1ccc(C(=O)N3CCCC3)cc1)c1cccc(O)c1)C2. The first-order chi connectivity index (χ1) is 15.1. The number of hydrogen-bond donors (Lipinski definition) is 1. The average molecular weight is 418 g/mol. The van der Waals surface area contributed by atoms with Gasteiger partial charge in [0.2, 0.25) is 0 Å². The number of amides is 1. The lowest BCUT2D eigenvalue weighted by molar-refractivity contribution is -0.0706. The van der Waals surface area contributed by atoms with Crippen LogP contribution in [0.25, 0.3) is 0 Å². The molecule has 5 nitrogen and oxygen atoms in total. The molecule has 162 valence electrons. The zero-order valence-electron chi connectivity index (χ0n) is 18.0. The molecule has 4 fully saturated rings. The van der Waals surface area contributed by atoms with Crippen LogP contribution < -0.4 is 0 Å². The summed E-state index contributed by atoms with van der Waals surface area (Å²) in [6, 6.07) is 16.9. The number of rotatable bonds is 6. The number of benzene rings is 2. The van der Waals surface area contributed by atoms with Crippen LogP contribution in [0.1, 0.15) is 46.8 Å². The van der Waals surface area contributed by atoms with E-state index in [9.17, 15) is 9.90 Å². The van der Waals surface area contributed by atoms with Gasteiger partial charge in [0.1, 0.15) is 5.75 Å². The second-order valence-corrected chi connectivity index (χ2v) is 9.10. The highest BCUT2D eigenvalue weighted by atomic mass is 16.3. The van der Waals surface area contributed by atoms with E-state index in [0.29, 0.717) is 17.8 Å². The van der Waals surface area contributed by atoms with Crippen molar-refractivity contribution < 1.29 is 9.90 Å². The maximum atomic E-state index is 12.8. The molecule has 4 saturated heterocycles. The second kappa shape index (κ2) is 8.48. The van der Waals surface area contributed by atoms with Gasteiger partial charge in [0.05, 0.1) is 6.04 Å². The van der Waals surface area contributed by atoms with E-state index in [1.807, 2.05) is 35.2 Å². The number of piperazine rings is 1.